The van der Waals surface area contributed by atoms with Gasteiger partial charge in [0.15, 0.2) is 6.54 Å². The SMILES string of the molecule is COc1ccccc1N1CC[NH+](CC(=O)Nc2c(Cl)cccc2Cl)CC1. The molecule has 2 N–H and O–H groups in total. The zero-order chi connectivity index (χ0) is 18.5. The van der Waals surface area contributed by atoms with E-state index in [1.165, 1.54) is 4.90 Å². The molecule has 2 aromatic carbocycles. The van der Waals surface area contributed by atoms with Crippen LogP contribution in [0, 0.1) is 0 Å². The molecule has 1 aliphatic rings. The fourth-order valence-corrected chi connectivity index (χ4v) is 3.65. The maximum atomic E-state index is 12.4. The van der Waals surface area contributed by atoms with Crippen LogP contribution >= 0.6 is 23.2 Å². The number of carbonyl (C=O) groups excluding carboxylic acids is 1. The largest absolute Gasteiger partial charge is 0.495 e. The number of para-hydroxylation sites is 3. The summed E-state index contributed by atoms with van der Waals surface area (Å²) in [6.45, 7) is 3.89. The second kappa shape index (κ2) is 8.62. The van der Waals surface area contributed by atoms with E-state index < -0.39 is 0 Å². The summed E-state index contributed by atoms with van der Waals surface area (Å²) in [4.78, 5) is 15.9. The lowest BCUT2D eigenvalue weighted by Gasteiger charge is -2.34. The fraction of sp³-hybridized carbons (Fsp3) is 0.316. The Labute approximate surface area is 163 Å². The minimum Gasteiger partial charge on any atom is -0.495 e. The van der Waals surface area contributed by atoms with Gasteiger partial charge in [0.25, 0.3) is 5.91 Å². The number of hydrogen-bond acceptors (Lipinski definition) is 3. The van der Waals surface area contributed by atoms with Crippen molar-refractivity contribution >= 4 is 40.5 Å². The molecule has 0 spiro atoms. The summed E-state index contributed by atoms with van der Waals surface area (Å²) in [5, 5.41) is 3.72. The van der Waals surface area contributed by atoms with Crippen molar-refractivity contribution in [1.82, 2.24) is 0 Å². The van der Waals surface area contributed by atoms with Gasteiger partial charge in [0.05, 0.1) is 54.7 Å². The second-order valence-corrected chi connectivity index (χ2v) is 7.04. The fourth-order valence-electron chi connectivity index (χ4n) is 3.16. The topological polar surface area (TPSA) is 46.0 Å². The van der Waals surface area contributed by atoms with E-state index >= 15 is 0 Å². The predicted octanol–water partition coefficient (Wildman–Crippen LogP) is 2.35. The van der Waals surface area contributed by atoms with E-state index in [1.54, 1.807) is 25.3 Å². The lowest BCUT2D eigenvalue weighted by molar-refractivity contribution is -0.892. The predicted molar refractivity (Wildman–Crippen MR) is 106 cm³/mol. The Morgan fingerprint density at radius 3 is 2.42 bits per heavy atom. The van der Waals surface area contributed by atoms with E-state index in [4.69, 9.17) is 27.9 Å². The number of methoxy groups -OCH3 is 1. The molecule has 7 heteroatoms. The number of piperazine rings is 1. The van der Waals surface area contributed by atoms with E-state index in [1.807, 2.05) is 18.2 Å². The molecule has 3 rings (SSSR count). The van der Waals surface area contributed by atoms with Gasteiger partial charge in [-0.05, 0) is 24.3 Å². The van der Waals surface area contributed by atoms with E-state index in [0.717, 1.165) is 37.6 Å². The van der Waals surface area contributed by atoms with E-state index in [0.29, 0.717) is 22.3 Å². The zero-order valence-electron chi connectivity index (χ0n) is 14.6. The van der Waals surface area contributed by atoms with Crippen molar-refractivity contribution in [3.63, 3.8) is 0 Å². The van der Waals surface area contributed by atoms with Crippen LogP contribution in [0.2, 0.25) is 10.0 Å². The van der Waals surface area contributed by atoms with Crippen LogP contribution in [0.3, 0.4) is 0 Å². The van der Waals surface area contributed by atoms with E-state index in [9.17, 15) is 4.79 Å². The van der Waals surface area contributed by atoms with Crippen LogP contribution in [0.15, 0.2) is 42.5 Å². The molecule has 1 heterocycles. The number of amides is 1. The molecule has 0 unspecified atom stereocenters. The van der Waals surface area contributed by atoms with Gasteiger partial charge in [0.1, 0.15) is 5.75 Å². The molecule has 1 fully saturated rings. The van der Waals surface area contributed by atoms with Crippen molar-refractivity contribution < 1.29 is 14.4 Å². The normalized spacial score (nSPS) is 15.0. The maximum Gasteiger partial charge on any atom is 0.279 e. The summed E-state index contributed by atoms with van der Waals surface area (Å²) in [6.07, 6.45) is 0. The van der Waals surface area contributed by atoms with Crippen LogP contribution in [0.5, 0.6) is 5.75 Å². The Kier molecular flexibility index (Phi) is 6.25. The Morgan fingerprint density at radius 2 is 1.77 bits per heavy atom. The van der Waals surface area contributed by atoms with Gasteiger partial charge in [0, 0.05) is 0 Å². The summed E-state index contributed by atoms with van der Waals surface area (Å²) in [5.41, 5.74) is 1.58. The van der Waals surface area contributed by atoms with Crippen LogP contribution < -0.4 is 19.9 Å². The number of benzene rings is 2. The minimum atomic E-state index is -0.0826. The van der Waals surface area contributed by atoms with Crippen LogP contribution in [-0.4, -0.2) is 45.7 Å². The van der Waals surface area contributed by atoms with Gasteiger partial charge < -0.3 is 19.9 Å². The summed E-state index contributed by atoms with van der Waals surface area (Å²) >= 11 is 12.2. The molecule has 0 aliphatic carbocycles. The Bertz CT molecular complexity index is 757. The third-order valence-electron chi connectivity index (χ3n) is 4.53. The molecule has 0 saturated carbocycles. The van der Waals surface area contributed by atoms with Crippen LogP contribution in [0.1, 0.15) is 0 Å². The minimum absolute atomic E-state index is 0.0826. The number of nitrogens with zero attached hydrogens (tertiary/aromatic N) is 1. The number of hydrogen-bond donors (Lipinski definition) is 2. The highest BCUT2D eigenvalue weighted by Gasteiger charge is 2.24. The number of carbonyl (C=O) groups is 1. The second-order valence-electron chi connectivity index (χ2n) is 6.23. The molecule has 26 heavy (non-hydrogen) atoms. The molecule has 0 aromatic heterocycles. The van der Waals surface area contributed by atoms with Gasteiger partial charge in [-0.1, -0.05) is 41.4 Å². The molecule has 1 saturated heterocycles. The molecule has 0 bridgehead atoms. The molecule has 5 nitrogen and oxygen atoms in total. The van der Waals surface area contributed by atoms with E-state index in [2.05, 4.69) is 16.3 Å². The van der Waals surface area contributed by atoms with Gasteiger partial charge in [-0.25, -0.2) is 0 Å². The maximum absolute atomic E-state index is 12.4. The average molecular weight is 395 g/mol. The zero-order valence-corrected chi connectivity index (χ0v) is 16.1. The average Bonchev–Trinajstić information content (AvgIpc) is 2.65. The third kappa shape index (κ3) is 4.41. The van der Waals surface area contributed by atoms with Crippen molar-refractivity contribution in [1.29, 1.82) is 0 Å². The number of ether oxygens (including phenoxy) is 1. The van der Waals surface area contributed by atoms with Crippen LogP contribution in [-0.2, 0) is 4.79 Å². The van der Waals surface area contributed by atoms with Crippen LogP contribution in [0.25, 0.3) is 0 Å². The Balaban J connectivity index is 1.55. The first-order valence-electron chi connectivity index (χ1n) is 8.54. The quantitative estimate of drug-likeness (QED) is 0.817. The highest BCUT2D eigenvalue weighted by Crippen LogP contribution is 2.29. The molecule has 2 aromatic rings. The van der Waals surface area contributed by atoms with Gasteiger partial charge in [0.2, 0.25) is 0 Å². The molecular formula is C19H22Cl2N3O2+. The smallest absolute Gasteiger partial charge is 0.279 e. The lowest BCUT2D eigenvalue weighted by atomic mass is 10.2. The first kappa shape index (κ1) is 18.8. The monoisotopic (exact) mass is 394 g/mol. The van der Waals surface area contributed by atoms with Crippen molar-refractivity contribution in [3.8, 4) is 5.75 Å². The summed E-state index contributed by atoms with van der Waals surface area (Å²) < 4.78 is 5.44. The number of nitrogens with one attached hydrogen (secondary N) is 2. The summed E-state index contributed by atoms with van der Waals surface area (Å²) in [5.74, 6) is 0.794. The first-order chi connectivity index (χ1) is 12.6. The van der Waals surface area contributed by atoms with Gasteiger partial charge in [-0.2, -0.15) is 0 Å². The molecule has 0 radical (unpaired) electrons. The van der Waals surface area contributed by atoms with Crippen molar-refractivity contribution in [2.45, 2.75) is 0 Å². The van der Waals surface area contributed by atoms with Gasteiger partial charge in [-0.3, -0.25) is 4.79 Å². The highest BCUT2D eigenvalue weighted by molar-refractivity contribution is 6.39. The number of quaternary nitrogens is 1. The standard InChI is InChI=1S/C19H21Cl2N3O2/c1-26-17-8-3-2-7-16(17)24-11-9-23(10-12-24)13-18(25)22-19-14(20)5-4-6-15(19)21/h2-8H,9-13H2,1H3,(H,22,25)/p+1. The Hall–Kier alpha value is -1.95. The van der Waals surface area contributed by atoms with Gasteiger partial charge >= 0.3 is 0 Å². The summed E-state index contributed by atoms with van der Waals surface area (Å²) in [7, 11) is 1.69. The lowest BCUT2D eigenvalue weighted by Crippen LogP contribution is -3.15. The number of rotatable bonds is 5. The molecule has 1 amide bonds. The van der Waals surface area contributed by atoms with Crippen molar-refractivity contribution in [3.05, 3.63) is 52.5 Å². The molecule has 0 atom stereocenters. The van der Waals surface area contributed by atoms with E-state index in [-0.39, 0.29) is 5.91 Å². The third-order valence-corrected chi connectivity index (χ3v) is 5.16. The summed E-state index contributed by atoms with van der Waals surface area (Å²) in [6, 6.07) is 13.2. The molecule has 1 aliphatic heterocycles. The molecule has 138 valence electrons. The van der Waals surface area contributed by atoms with Gasteiger partial charge in [-0.15, -0.1) is 0 Å². The Morgan fingerprint density at radius 1 is 1.12 bits per heavy atom. The van der Waals surface area contributed by atoms with Crippen LogP contribution in [0.4, 0.5) is 11.4 Å². The number of halogens is 2. The highest BCUT2D eigenvalue weighted by atomic mass is 35.5. The van der Waals surface area contributed by atoms with Crippen molar-refractivity contribution in [2.75, 3.05) is 50.1 Å². The van der Waals surface area contributed by atoms with Crippen molar-refractivity contribution in [2.24, 2.45) is 0 Å². The number of anilines is 2. The molecular weight excluding hydrogens is 373 g/mol. The first-order valence-corrected chi connectivity index (χ1v) is 9.29.